The summed E-state index contributed by atoms with van der Waals surface area (Å²) in [4.78, 5) is 23.2. The number of hydrogen-bond acceptors (Lipinski definition) is 3. The summed E-state index contributed by atoms with van der Waals surface area (Å²) in [6.45, 7) is 2.70. The Morgan fingerprint density at radius 2 is 1.54 bits per heavy atom. The Morgan fingerprint density at radius 1 is 0.962 bits per heavy atom. The predicted molar refractivity (Wildman–Crippen MR) is 108 cm³/mol. The number of nitrogens with two attached hydrogens (primary N) is 1. The van der Waals surface area contributed by atoms with Crippen LogP contribution >= 0.6 is 0 Å². The smallest absolute Gasteiger partial charge is 0.224 e. The van der Waals surface area contributed by atoms with Gasteiger partial charge in [-0.05, 0) is 19.3 Å². The standard InChI is InChI=1S/C21H40N2O3/c1-2-3-4-5-6-7-8-9-10-11-12-13-15-19(21(22)26)18-20(25)23-16-14-17-24/h13,15,19,24H,2-12,14,16-18H2,1H3,(H2,22,26)(H,23,25)/b15-13+. The SMILES string of the molecule is CCCCCCCCCCCC/C=C/C(CC(=O)NCCCO)C(N)=O. The van der Waals surface area contributed by atoms with E-state index in [-0.39, 0.29) is 18.9 Å². The Balaban J connectivity index is 3.71. The molecule has 26 heavy (non-hydrogen) atoms. The van der Waals surface area contributed by atoms with Crippen LogP contribution in [0.1, 0.15) is 90.4 Å². The number of aliphatic hydroxyl groups is 1. The van der Waals surface area contributed by atoms with Crippen molar-refractivity contribution in [2.24, 2.45) is 11.7 Å². The minimum absolute atomic E-state index is 0.0400. The van der Waals surface area contributed by atoms with Crippen molar-refractivity contribution in [2.45, 2.75) is 90.4 Å². The molecule has 152 valence electrons. The second kappa shape index (κ2) is 18.4. The summed E-state index contributed by atoms with van der Waals surface area (Å²) in [5.41, 5.74) is 5.37. The predicted octanol–water partition coefficient (Wildman–Crippen LogP) is 3.84. The van der Waals surface area contributed by atoms with Crippen molar-refractivity contribution < 1.29 is 14.7 Å². The highest BCUT2D eigenvalue weighted by molar-refractivity contribution is 5.86. The molecule has 0 rings (SSSR count). The molecule has 0 aromatic rings. The number of unbranched alkanes of at least 4 members (excludes halogenated alkanes) is 10. The fraction of sp³-hybridized carbons (Fsp3) is 0.810. The zero-order valence-corrected chi connectivity index (χ0v) is 16.7. The van der Waals surface area contributed by atoms with Crippen molar-refractivity contribution in [3.05, 3.63) is 12.2 Å². The van der Waals surface area contributed by atoms with E-state index >= 15 is 0 Å². The number of carbonyl (C=O) groups is 2. The van der Waals surface area contributed by atoms with E-state index in [1.807, 2.05) is 6.08 Å². The highest BCUT2D eigenvalue weighted by Gasteiger charge is 2.15. The molecule has 0 aromatic carbocycles. The van der Waals surface area contributed by atoms with Crippen LogP contribution in [0.25, 0.3) is 0 Å². The van der Waals surface area contributed by atoms with Crippen LogP contribution < -0.4 is 11.1 Å². The lowest BCUT2D eigenvalue weighted by Gasteiger charge is -2.09. The lowest BCUT2D eigenvalue weighted by Crippen LogP contribution is -2.31. The zero-order chi connectivity index (χ0) is 19.5. The van der Waals surface area contributed by atoms with Crippen LogP contribution in [0.5, 0.6) is 0 Å². The van der Waals surface area contributed by atoms with Gasteiger partial charge in [-0.25, -0.2) is 0 Å². The molecule has 5 nitrogen and oxygen atoms in total. The fourth-order valence-electron chi connectivity index (χ4n) is 2.85. The molecular formula is C21H40N2O3. The molecule has 0 saturated carbocycles. The molecule has 0 aliphatic rings. The van der Waals surface area contributed by atoms with Gasteiger partial charge < -0.3 is 16.2 Å². The second-order valence-corrected chi connectivity index (χ2v) is 7.04. The van der Waals surface area contributed by atoms with Gasteiger partial charge in [-0.1, -0.05) is 76.9 Å². The maximum Gasteiger partial charge on any atom is 0.224 e. The molecular weight excluding hydrogens is 328 g/mol. The first-order valence-electron chi connectivity index (χ1n) is 10.4. The van der Waals surface area contributed by atoms with Gasteiger partial charge in [-0.3, -0.25) is 9.59 Å². The Morgan fingerprint density at radius 3 is 2.08 bits per heavy atom. The molecule has 5 heteroatoms. The summed E-state index contributed by atoms with van der Waals surface area (Å²) in [5, 5.41) is 11.4. The van der Waals surface area contributed by atoms with Gasteiger partial charge in [0.05, 0.1) is 5.92 Å². The Labute approximate surface area is 159 Å². The Bertz CT molecular complexity index is 383. The number of allylic oxidation sites excluding steroid dienone is 1. The van der Waals surface area contributed by atoms with Crippen LogP contribution in [0.15, 0.2) is 12.2 Å². The topological polar surface area (TPSA) is 92.4 Å². The van der Waals surface area contributed by atoms with Crippen molar-refractivity contribution in [2.75, 3.05) is 13.2 Å². The molecule has 0 heterocycles. The zero-order valence-electron chi connectivity index (χ0n) is 16.7. The van der Waals surface area contributed by atoms with E-state index in [9.17, 15) is 9.59 Å². The molecule has 0 saturated heterocycles. The van der Waals surface area contributed by atoms with E-state index in [0.717, 1.165) is 12.8 Å². The molecule has 0 radical (unpaired) electrons. The third-order valence-corrected chi connectivity index (χ3v) is 4.52. The molecule has 0 fully saturated rings. The average Bonchev–Trinajstić information content (AvgIpc) is 2.61. The summed E-state index contributed by atoms with van der Waals surface area (Å²) in [7, 11) is 0. The number of amides is 2. The highest BCUT2D eigenvalue weighted by Crippen LogP contribution is 2.12. The second-order valence-electron chi connectivity index (χ2n) is 7.04. The van der Waals surface area contributed by atoms with E-state index in [1.54, 1.807) is 6.08 Å². The minimum atomic E-state index is -0.549. The maximum atomic E-state index is 11.7. The van der Waals surface area contributed by atoms with E-state index in [2.05, 4.69) is 12.2 Å². The van der Waals surface area contributed by atoms with E-state index in [0.29, 0.717) is 13.0 Å². The Hall–Kier alpha value is -1.36. The van der Waals surface area contributed by atoms with E-state index < -0.39 is 11.8 Å². The van der Waals surface area contributed by atoms with Crippen molar-refractivity contribution >= 4 is 11.8 Å². The van der Waals surface area contributed by atoms with Crippen LogP contribution in [0, 0.1) is 5.92 Å². The van der Waals surface area contributed by atoms with Crippen molar-refractivity contribution in [1.82, 2.24) is 5.32 Å². The van der Waals surface area contributed by atoms with Gasteiger partial charge in [-0.15, -0.1) is 0 Å². The lowest BCUT2D eigenvalue weighted by molar-refractivity contribution is -0.127. The third kappa shape index (κ3) is 16.1. The molecule has 0 aliphatic carbocycles. The molecule has 0 spiro atoms. The largest absolute Gasteiger partial charge is 0.396 e. The molecule has 0 bridgehead atoms. The van der Waals surface area contributed by atoms with E-state index in [1.165, 1.54) is 57.8 Å². The van der Waals surface area contributed by atoms with Crippen LogP contribution in [-0.4, -0.2) is 30.1 Å². The number of carbonyl (C=O) groups excluding carboxylic acids is 2. The van der Waals surface area contributed by atoms with Crippen molar-refractivity contribution in [3.63, 3.8) is 0 Å². The molecule has 1 unspecified atom stereocenters. The normalized spacial score (nSPS) is 12.4. The van der Waals surface area contributed by atoms with Crippen molar-refractivity contribution in [3.8, 4) is 0 Å². The molecule has 2 amide bonds. The van der Waals surface area contributed by atoms with Gasteiger partial charge in [0.2, 0.25) is 11.8 Å². The molecule has 1 atom stereocenters. The summed E-state index contributed by atoms with van der Waals surface area (Å²) in [6.07, 6.45) is 18.3. The number of rotatable bonds is 18. The minimum Gasteiger partial charge on any atom is -0.396 e. The average molecular weight is 369 g/mol. The molecule has 4 N–H and O–H groups in total. The fourth-order valence-corrected chi connectivity index (χ4v) is 2.85. The monoisotopic (exact) mass is 368 g/mol. The van der Waals surface area contributed by atoms with Gasteiger partial charge in [-0.2, -0.15) is 0 Å². The molecule has 0 aliphatic heterocycles. The summed E-state index contributed by atoms with van der Waals surface area (Å²) < 4.78 is 0. The Kier molecular flexibility index (Phi) is 17.5. The third-order valence-electron chi connectivity index (χ3n) is 4.52. The van der Waals surface area contributed by atoms with Gasteiger partial charge >= 0.3 is 0 Å². The lowest BCUT2D eigenvalue weighted by atomic mass is 10.0. The first-order chi connectivity index (χ1) is 12.6. The quantitative estimate of drug-likeness (QED) is 0.253. The van der Waals surface area contributed by atoms with Gasteiger partial charge in [0.25, 0.3) is 0 Å². The number of nitrogens with one attached hydrogen (secondary N) is 1. The molecule has 0 aromatic heterocycles. The van der Waals surface area contributed by atoms with Crippen LogP contribution in [-0.2, 0) is 9.59 Å². The number of hydrogen-bond donors (Lipinski definition) is 3. The van der Waals surface area contributed by atoms with Crippen LogP contribution in [0.3, 0.4) is 0 Å². The van der Waals surface area contributed by atoms with Gasteiger partial charge in [0, 0.05) is 19.6 Å². The summed E-state index contributed by atoms with van der Waals surface area (Å²) >= 11 is 0. The van der Waals surface area contributed by atoms with Crippen LogP contribution in [0.2, 0.25) is 0 Å². The number of primary amides is 1. The van der Waals surface area contributed by atoms with Gasteiger partial charge in [0.15, 0.2) is 0 Å². The first-order valence-corrected chi connectivity index (χ1v) is 10.4. The van der Waals surface area contributed by atoms with Crippen LogP contribution in [0.4, 0.5) is 0 Å². The summed E-state index contributed by atoms with van der Waals surface area (Å²) in [6, 6.07) is 0. The van der Waals surface area contributed by atoms with Crippen molar-refractivity contribution in [1.29, 1.82) is 0 Å². The maximum absolute atomic E-state index is 11.7. The number of aliphatic hydroxyl groups excluding tert-OH is 1. The highest BCUT2D eigenvalue weighted by atomic mass is 16.3. The van der Waals surface area contributed by atoms with E-state index in [4.69, 9.17) is 10.8 Å². The first kappa shape index (κ1) is 24.6. The van der Waals surface area contributed by atoms with Gasteiger partial charge in [0.1, 0.15) is 0 Å². The summed E-state index contributed by atoms with van der Waals surface area (Å²) in [5.74, 6) is -1.22.